The Labute approximate surface area is 123 Å². The number of aromatic nitrogens is 3. The van der Waals surface area contributed by atoms with Crippen LogP contribution in [0.1, 0.15) is 18.5 Å². The Kier molecular flexibility index (Phi) is 3.66. The fraction of sp³-hybridized carbons (Fsp3) is 0.214. The zero-order valence-electron chi connectivity index (χ0n) is 11.0. The minimum atomic E-state index is -0.789. The van der Waals surface area contributed by atoms with E-state index in [9.17, 15) is 9.18 Å². The monoisotopic (exact) mass is 305 g/mol. The van der Waals surface area contributed by atoms with E-state index in [2.05, 4.69) is 9.97 Å². The van der Waals surface area contributed by atoms with Crippen molar-refractivity contribution in [3.05, 3.63) is 41.4 Å². The van der Waals surface area contributed by atoms with E-state index in [1.165, 1.54) is 17.4 Å². The molecule has 3 rings (SSSR count). The summed E-state index contributed by atoms with van der Waals surface area (Å²) in [7, 11) is 0. The van der Waals surface area contributed by atoms with Gasteiger partial charge in [0, 0.05) is 23.7 Å². The van der Waals surface area contributed by atoms with Crippen LogP contribution >= 0.6 is 11.3 Å². The van der Waals surface area contributed by atoms with Crippen molar-refractivity contribution in [2.75, 3.05) is 0 Å². The molecule has 21 heavy (non-hydrogen) atoms. The molecule has 7 heteroatoms. The van der Waals surface area contributed by atoms with Gasteiger partial charge in [-0.1, -0.05) is 0 Å². The quantitative estimate of drug-likeness (QED) is 0.787. The zero-order chi connectivity index (χ0) is 14.8. The minimum absolute atomic E-state index is 0.151. The summed E-state index contributed by atoms with van der Waals surface area (Å²) in [4.78, 5) is 19.8. The zero-order valence-corrected chi connectivity index (χ0v) is 11.8. The summed E-state index contributed by atoms with van der Waals surface area (Å²) in [5, 5.41) is 10.7. The molecule has 3 aromatic heterocycles. The van der Waals surface area contributed by atoms with Gasteiger partial charge in [0.25, 0.3) is 0 Å². The van der Waals surface area contributed by atoms with Crippen molar-refractivity contribution < 1.29 is 14.3 Å². The Morgan fingerprint density at radius 3 is 2.95 bits per heavy atom. The van der Waals surface area contributed by atoms with Crippen molar-refractivity contribution in [3.63, 3.8) is 0 Å². The van der Waals surface area contributed by atoms with Gasteiger partial charge in [-0.05, 0) is 25.0 Å². The van der Waals surface area contributed by atoms with Crippen LogP contribution in [0.2, 0.25) is 0 Å². The number of carboxylic acid groups (broad SMARTS) is 1. The highest BCUT2D eigenvalue weighted by Crippen LogP contribution is 2.23. The third kappa shape index (κ3) is 2.92. The molecule has 0 saturated carbocycles. The number of nitrogens with zero attached hydrogens (tertiary/aromatic N) is 3. The van der Waals surface area contributed by atoms with E-state index in [0.29, 0.717) is 24.2 Å². The summed E-state index contributed by atoms with van der Waals surface area (Å²) in [5.41, 5.74) is 2.32. The Hall–Kier alpha value is -2.28. The van der Waals surface area contributed by atoms with E-state index in [1.807, 2.05) is 16.0 Å². The van der Waals surface area contributed by atoms with Crippen LogP contribution in [0.15, 0.2) is 29.9 Å². The molecule has 0 aliphatic rings. The first-order chi connectivity index (χ1) is 10.1. The first kappa shape index (κ1) is 13.7. The van der Waals surface area contributed by atoms with Gasteiger partial charge < -0.3 is 5.11 Å². The van der Waals surface area contributed by atoms with Gasteiger partial charge in [-0.3, -0.25) is 14.2 Å². The highest BCUT2D eigenvalue weighted by Gasteiger charge is 2.11. The molecule has 0 aliphatic heterocycles. The fourth-order valence-electron chi connectivity index (χ4n) is 2.08. The molecular weight excluding hydrogens is 293 g/mol. The van der Waals surface area contributed by atoms with Crippen molar-refractivity contribution >= 4 is 22.3 Å². The average molecular weight is 305 g/mol. The van der Waals surface area contributed by atoms with E-state index in [0.717, 1.165) is 16.9 Å². The van der Waals surface area contributed by atoms with Crippen LogP contribution in [0.4, 0.5) is 4.39 Å². The van der Waals surface area contributed by atoms with Gasteiger partial charge in [0.1, 0.15) is 11.5 Å². The first-order valence-electron chi connectivity index (χ1n) is 6.42. The number of hydrogen-bond acceptors (Lipinski definition) is 4. The number of carboxylic acids is 1. The van der Waals surface area contributed by atoms with Crippen molar-refractivity contribution in [2.45, 2.75) is 19.3 Å². The predicted octanol–water partition coefficient (Wildman–Crippen LogP) is 3.00. The van der Waals surface area contributed by atoms with Gasteiger partial charge in [-0.2, -0.15) is 0 Å². The van der Waals surface area contributed by atoms with E-state index in [4.69, 9.17) is 5.11 Å². The van der Waals surface area contributed by atoms with Crippen LogP contribution in [-0.2, 0) is 11.2 Å². The van der Waals surface area contributed by atoms with Crippen molar-refractivity contribution in [1.29, 1.82) is 0 Å². The van der Waals surface area contributed by atoms with E-state index in [-0.39, 0.29) is 12.2 Å². The maximum Gasteiger partial charge on any atom is 0.303 e. The number of pyridine rings is 1. The molecule has 1 N–H and O–H groups in total. The summed E-state index contributed by atoms with van der Waals surface area (Å²) >= 11 is 1.49. The Balaban J connectivity index is 1.85. The largest absolute Gasteiger partial charge is 0.481 e. The summed E-state index contributed by atoms with van der Waals surface area (Å²) in [5.74, 6) is -1.17. The lowest BCUT2D eigenvalue weighted by molar-refractivity contribution is -0.137. The number of hydrogen-bond donors (Lipinski definition) is 1. The Bertz CT molecular complexity index is 779. The molecule has 0 bridgehead atoms. The standard InChI is InChI=1S/C14H12FN3O2S/c15-9-4-5-11(16-6-9)12-7-18-10(2-1-3-13(19)20)8-21-14(18)17-12/h4-8H,1-3H2,(H,19,20). The average Bonchev–Trinajstić information content (AvgIpc) is 3.01. The van der Waals surface area contributed by atoms with E-state index in [1.54, 1.807) is 6.07 Å². The Morgan fingerprint density at radius 2 is 2.24 bits per heavy atom. The molecule has 0 aliphatic carbocycles. The number of aryl methyl sites for hydroxylation is 1. The molecule has 0 radical (unpaired) electrons. The molecule has 108 valence electrons. The molecule has 3 aromatic rings. The number of carbonyl (C=O) groups is 1. The molecule has 5 nitrogen and oxygen atoms in total. The van der Waals surface area contributed by atoms with E-state index < -0.39 is 5.97 Å². The fourth-order valence-corrected chi connectivity index (χ4v) is 2.99. The SMILES string of the molecule is O=C(O)CCCc1csc2nc(-c3ccc(F)cn3)cn12. The third-order valence-electron chi connectivity index (χ3n) is 3.10. The van der Waals surface area contributed by atoms with Crippen LogP contribution in [0.5, 0.6) is 0 Å². The summed E-state index contributed by atoms with van der Waals surface area (Å²) < 4.78 is 14.8. The molecule has 0 aromatic carbocycles. The maximum atomic E-state index is 12.9. The van der Waals surface area contributed by atoms with Crippen LogP contribution in [0, 0.1) is 5.82 Å². The second-order valence-electron chi connectivity index (χ2n) is 4.61. The normalized spacial score (nSPS) is 11.1. The summed E-state index contributed by atoms with van der Waals surface area (Å²) in [6.45, 7) is 0. The second-order valence-corrected chi connectivity index (χ2v) is 5.45. The lowest BCUT2D eigenvalue weighted by atomic mass is 10.2. The van der Waals surface area contributed by atoms with Gasteiger partial charge in [-0.15, -0.1) is 11.3 Å². The molecule has 0 fully saturated rings. The van der Waals surface area contributed by atoms with Crippen molar-refractivity contribution in [1.82, 2.24) is 14.4 Å². The number of rotatable bonds is 5. The molecule has 0 spiro atoms. The predicted molar refractivity (Wildman–Crippen MR) is 76.8 cm³/mol. The van der Waals surface area contributed by atoms with Gasteiger partial charge in [-0.25, -0.2) is 9.37 Å². The molecule has 0 unspecified atom stereocenters. The third-order valence-corrected chi connectivity index (χ3v) is 3.99. The summed E-state index contributed by atoms with van der Waals surface area (Å²) in [6.07, 6.45) is 4.43. The molecule has 0 atom stereocenters. The number of thiazole rings is 1. The maximum absolute atomic E-state index is 12.9. The highest BCUT2D eigenvalue weighted by molar-refractivity contribution is 7.15. The number of imidazole rings is 1. The van der Waals surface area contributed by atoms with Gasteiger partial charge in [0.05, 0.1) is 11.9 Å². The van der Waals surface area contributed by atoms with Crippen molar-refractivity contribution in [2.24, 2.45) is 0 Å². The molecule has 0 amide bonds. The van der Waals surface area contributed by atoms with Gasteiger partial charge >= 0.3 is 5.97 Å². The molecule has 3 heterocycles. The van der Waals surface area contributed by atoms with Gasteiger partial charge in [0.2, 0.25) is 0 Å². The minimum Gasteiger partial charge on any atom is -0.481 e. The van der Waals surface area contributed by atoms with Gasteiger partial charge in [0.15, 0.2) is 4.96 Å². The second kappa shape index (κ2) is 5.61. The molecular formula is C14H12FN3O2S. The first-order valence-corrected chi connectivity index (χ1v) is 7.30. The van der Waals surface area contributed by atoms with Crippen molar-refractivity contribution in [3.8, 4) is 11.4 Å². The number of aliphatic carboxylic acids is 1. The lowest BCUT2D eigenvalue weighted by Gasteiger charge is -1.97. The van der Waals surface area contributed by atoms with E-state index >= 15 is 0 Å². The lowest BCUT2D eigenvalue weighted by Crippen LogP contribution is -1.97. The van der Waals surface area contributed by atoms with Crippen LogP contribution in [-0.4, -0.2) is 25.4 Å². The van der Waals surface area contributed by atoms with Crippen LogP contribution in [0.25, 0.3) is 16.3 Å². The number of halogens is 1. The smallest absolute Gasteiger partial charge is 0.303 e. The topological polar surface area (TPSA) is 67.5 Å². The Morgan fingerprint density at radius 1 is 1.38 bits per heavy atom. The molecule has 0 saturated heterocycles. The van der Waals surface area contributed by atoms with Crippen LogP contribution in [0.3, 0.4) is 0 Å². The summed E-state index contributed by atoms with van der Waals surface area (Å²) in [6, 6.07) is 2.94. The highest BCUT2D eigenvalue weighted by atomic mass is 32.1. The number of fused-ring (bicyclic) bond motifs is 1. The van der Waals surface area contributed by atoms with Crippen LogP contribution < -0.4 is 0 Å².